The molecule has 3 N–H and O–H groups in total. The number of amides is 1. The smallest absolute Gasteiger partial charge is 0.254 e. The van der Waals surface area contributed by atoms with Crippen LogP contribution in [0.25, 0.3) is 0 Å². The molecule has 0 radical (unpaired) electrons. The molecule has 0 aliphatic rings. The largest absolute Gasteiger partial charge is 0.348 e. The van der Waals surface area contributed by atoms with Crippen LogP contribution in [0.15, 0.2) is 36.4 Å². The lowest BCUT2D eigenvalue weighted by atomic mass is 10.1. The van der Waals surface area contributed by atoms with E-state index >= 15 is 0 Å². The summed E-state index contributed by atoms with van der Waals surface area (Å²) in [6, 6.07) is 8.85. The van der Waals surface area contributed by atoms with Crippen molar-refractivity contribution in [3.05, 3.63) is 69.7 Å². The normalized spacial score (nSPS) is 10.5. The lowest BCUT2D eigenvalue weighted by Gasteiger charge is -2.07. The summed E-state index contributed by atoms with van der Waals surface area (Å²) in [4.78, 5) is 11.8. The zero-order valence-corrected chi connectivity index (χ0v) is 11.8. The summed E-state index contributed by atoms with van der Waals surface area (Å²) in [5.74, 6) is -2.40. The van der Waals surface area contributed by atoms with Gasteiger partial charge in [-0.15, -0.1) is 0 Å². The lowest BCUT2D eigenvalue weighted by molar-refractivity contribution is 0.0946. The van der Waals surface area contributed by atoms with Crippen LogP contribution in [0.5, 0.6) is 0 Å². The van der Waals surface area contributed by atoms with E-state index in [2.05, 4.69) is 5.32 Å². The van der Waals surface area contributed by atoms with Crippen LogP contribution in [-0.4, -0.2) is 5.91 Å². The van der Waals surface area contributed by atoms with Crippen molar-refractivity contribution in [1.29, 1.82) is 0 Å². The number of nitrogens with two attached hydrogens (primary N) is 1. The number of rotatable bonds is 4. The van der Waals surface area contributed by atoms with E-state index in [1.807, 2.05) is 12.1 Å². The summed E-state index contributed by atoms with van der Waals surface area (Å²) in [5, 5.41) is 2.16. The Kier molecular flexibility index (Phi) is 4.88. The fourth-order valence-electron chi connectivity index (χ4n) is 1.77. The van der Waals surface area contributed by atoms with Gasteiger partial charge < -0.3 is 11.1 Å². The van der Waals surface area contributed by atoms with E-state index < -0.39 is 17.5 Å². The molecule has 2 rings (SSSR count). The first-order chi connectivity index (χ1) is 10.0. The van der Waals surface area contributed by atoms with Gasteiger partial charge in [0.2, 0.25) is 0 Å². The molecule has 0 aliphatic carbocycles. The van der Waals surface area contributed by atoms with Gasteiger partial charge in [0.25, 0.3) is 5.91 Å². The molecular weight excluding hydrogens is 298 g/mol. The van der Waals surface area contributed by atoms with Crippen molar-refractivity contribution in [2.45, 2.75) is 13.1 Å². The van der Waals surface area contributed by atoms with Crippen molar-refractivity contribution in [3.63, 3.8) is 0 Å². The lowest BCUT2D eigenvalue weighted by Crippen LogP contribution is -2.24. The van der Waals surface area contributed by atoms with E-state index in [1.165, 1.54) is 0 Å². The second-order valence-electron chi connectivity index (χ2n) is 4.45. The van der Waals surface area contributed by atoms with Gasteiger partial charge in [-0.2, -0.15) is 0 Å². The Hall–Kier alpha value is -1.98. The van der Waals surface area contributed by atoms with Gasteiger partial charge in [0.15, 0.2) is 0 Å². The molecule has 0 fully saturated rings. The Labute approximate surface area is 125 Å². The molecule has 0 atom stereocenters. The third-order valence-corrected chi connectivity index (χ3v) is 3.26. The molecule has 3 nitrogen and oxygen atoms in total. The van der Waals surface area contributed by atoms with Crippen molar-refractivity contribution in [1.82, 2.24) is 5.32 Å². The molecule has 2 aromatic carbocycles. The molecular formula is C15H13ClF2N2O. The predicted octanol–water partition coefficient (Wildman–Crippen LogP) is 3.01. The first-order valence-electron chi connectivity index (χ1n) is 6.22. The van der Waals surface area contributed by atoms with Gasteiger partial charge in [0, 0.05) is 13.1 Å². The van der Waals surface area contributed by atoms with Crippen LogP contribution in [0, 0.1) is 11.6 Å². The second kappa shape index (κ2) is 6.65. The van der Waals surface area contributed by atoms with E-state index in [-0.39, 0.29) is 17.1 Å². The highest BCUT2D eigenvalue weighted by Crippen LogP contribution is 2.19. The molecule has 1 amide bonds. The Morgan fingerprint density at radius 1 is 1.10 bits per heavy atom. The molecule has 2 aromatic rings. The summed E-state index contributed by atoms with van der Waals surface area (Å²) < 4.78 is 26.9. The van der Waals surface area contributed by atoms with Crippen LogP contribution in [0.4, 0.5) is 8.78 Å². The SMILES string of the molecule is NCc1ccc(CNC(=O)c2cc(F)c(Cl)cc2F)cc1. The molecule has 0 heterocycles. The highest BCUT2D eigenvalue weighted by atomic mass is 35.5. The Bertz CT molecular complexity index is 659. The highest BCUT2D eigenvalue weighted by Gasteiger charge is 2.15. The summed E-state index contributed by atoms with van der Waals surface area (Å²) in [5.41, 5.74) is 6.90. The first kappa shape index (κ1) is 15.4. The summed E-state index contributed by atoms with van der Waals surface area (Å²) >= 11 is 5.44. The minimum atomic E-state index is -0.864. The van der Waals surface area contributed by atoms with Crippen molar-refractivity contribution in [3.8, 4) is 0 Å². The van der Waals surface area contributed by atoms with Crippen molar-refractivity contribution in [2.24, 2.45) is 5.73 Å². The van der Waals surface area contributed by atoms with Crippen LogP contribution >= 0.6 is 11.6 Å². The number of halogens is 3. The number of carbonyl (C=O) groups excluding carboxylic acids is 1. The van der Waals surface area contributed by atoms with Gasteiger partial charge in [-0.25, -0.2) is 8.78 Å². The van der Waals surface area contributed by atoms with Gasteiger partial charge in [0.1, 0.15) is 11.6 Å². The van der Waals surface area contributed by atoms with Crippen LogP contribution in [0.1, 0.15) is 21.5 Å². The number of hydrogen-bond acceptors (Lipinski definition) is 2. The fraction of sp³-hybridized carbons (Fsp3) is 0.133. The third kappa shape index (κ3) is 3.77. The zero-order chi connectivity index (χ0) is 15.4. The Morgan fingerprint density at radius 2 is 1.71 bits per heavy atom. The van der Waals surface area contributed by atoms with Crippen molar-refractivity contribution in [2.75, 3.05) is 0 Å². The molecule has 0 spiro atoms. The molecule has 0 aromatic heterocycles. The molecule has 110 valence electrons. The van der Waals surface area contributed by atoms with Crippen molar-refractivity contribution >= 4 is 17.5 Å². The number of nitrogens with one attached hydrogen (secondary N) is 1. The second-order valence-corrected chi connectivity index (χ2v) is 4.86. The maximum atomic E-state index is 13.6. The predicted molar refractivity (Wildman–Crippen MR) is 76.9 cm³/mol. The maximum absolute atomic E-state index is 13.6. The van der Waals surface area contributed by atoms with E-state index in [0.717, 1.165) is 23.3 Å². The van der Waals surface area contributed by atoms with Gasteiger partial charge in [-0.1, -0.05) is 35.9 Å². The summed E-state index contributed by atoms with van der Waals surface area (Å²) in [6.45, 7) is 0.634. The van der Waals surface area contributed by atoms with Crippen LogP contribution in [0.2, 0.25) is 5.02 Å². The zero-order valence-electron chi connectivity index (χ0n) is 11.0. The summed E-state index contributed by atoms with van der Waals surface area (Å²) in [6.07, 6.45) is 0. The monoisotopic (exact) mass is 310 g/mol. The highest BCUT2D eigenvalue weighted by molar-refractivity contribution is 6.30. The van der Waals surface area contributed by atoms with Gasteiger partial charge >= 0.3 is 0 Å². The van der Waals surface area contributed by atoms with E-state index in [1.54, 1.807) is 12.1 Å². The van der Waals surface area contributed by atoms with Crippen LogP contribution in [-0.2, 0) is 13.1 Å². The van der Waals surface area contributed by atoms with E-state index in [4.69, 9.17) is 17.3 Å². The van der Waals surface area contributed by atoms with Gasteiger partial charge in [-0.3, -0.25) is 4.79 Å². The minimum absolute atomic E-state index is 0.202. The van der Waals surface area contributed by atoms with Crippen LogP contribution in [0.3, 0.4) is 0 Å². The fourth-order valence-corrected chi connectivity index (χ4v) is 1.92. The molecule has 0 saturated carbocycles. The third-order valence-electron chi connectivity index (χ3n) is 2.97. The maximum Gasteiger partial charge on any atom is 0.254 e. The van der Waals surface area contributed by atoms with E-state index in [9.17, 15) is 13.6 Å². The molecule has 0 aliphatic heterocycles. The number of hydrogen-bond donors (Lipinski definition) is 2. The quantitative estimate of drug-likeness (QED) is 0.853. The topological polar surface area (TPSA) is 55.1 Å². The first-order valence-corrected chi connectivity index (χ1v) is 6.59. The minimum Gasteiger partial charge on any atom is -0.348 e. The van der Waals surface area contributed by atoms with Gasteiger partial charge in [-0.05, 0) is 23.3 Å². The van der Waals surface area contributed by atoms with E-state index in [0.29, 0.717) is 6.54 Å². The van der Waals surface area contributed by atoms with Crippen molar-refractivity contribution < 1.29 is 13.6 Å². The molecule has 6 heteroatoms. The molecule has 0 saturated heterocycles. The average Bonchev–Trinajstić information content (AvgIpc) is 2.49. The van der Waals surface area contributed by atoms with Crippen LogP contribution < -0.4 is 11.1 Å². The average molecular weight is 311 g/mol. The summed E-state index contributed by atoms with van der Waals surface area (Å²) in [7, 11) is 0. The molecule has 21 heavy (non-hydrogen) atoms. The Balaban J connectivity index is 2.06. The number of benzene rings is 2. The Morgan fingerprint density at radius 3 is 2.33 bits per heavy atom. The number of carbonyl (C=O) groups is 1. The standard InChI is InChI=1S/C15H13ClF2N2O/c16-12-6-13(17)11(5-14(12)18)15(21)20-8-10-3-1-9(7-19)2-4-10/h1-6H,7-8,19H2,(H,20,21). The van der Waals surface area contributed by atoms with Gasteiger partial charge in [0.05, 0.1) is 10.6 Å². The molecule has 0 unspecified atom stereocenters. The molecule has 0 bridgehead atoms.